The minimum atomic E-state index is -0.00673. The number of nitrogens with one attached hydrogen (secondary N) is 1. The smallest absolute Gasteiger partial charge is 0.251 e. The standard InChI is InChI=1S/C15H18N2O/c1-11(13-8-9-13)17-15(18)14-6-4-12(5-7-14)3-2-10-16/h4-7,11,13H,8-10,16H2,1H3,(H,17,18). The lowest BCUT2D eigenvalue weighted by Crippen LogP contribution is -2.33. The van der Waals surface area contributed by atoms with Crippen molar-refractivity contribution in [2.45, 2.75) is 25.8 Å². The first-order valence-electron chi connectivity index (χ1n) is 6.30. The molecule has 3 nitrogen and oxygen atoms in total. The van der Waals surface area contributed by atoms with E-state index in [0.717, 1.165) is 5.56 Å². The number of amides is 1. The van der Waals surface area contributed by atoms with Gasteiger partial charge in [0.05, 0.1) is 6.54 Å². The topological polar surface area (TPSA) is 55.1 Å². The largest absolute Gasteiger partial charge is 0.349 e. The fraction of sp³-hybridized carbons (Fsp3) is 0.400. The van der Waals surface area contributed by atoms with Crippen LogP contribution in [0.1, 0.15) is 35.7 Å². The molecule has 0 radical (unpaired) electrons. The lowest BCUT2D eigenvalue weighted by atomic mass is 10.1. The van der Waals surface area contributed by atoms with Gasteiger partial charge in [0.25, 0.3) is 5.91 Å². The third-order valence-corrected chi connectivity index (χ3v) is 3.17. The van der Waals surface area contributed by atoms with Crippen molar-refractivity contribution in [2.75, 3.05) is 6.54 Å². The second-order valence-corrected chi connectivity index (χ2v) is 4.68. The van der Waals surface area contributed by atoms with Crippen LogP contribution in [-0.4, -0.2) is 18.5 Å². The van der Waals surface area contributed by atoms with Gasteiger partial charge in [-0.15, -0.1) is 0 Å². The Morgan fingerprint density at radius 3 is 2.67 bits per heavy atom. The van der Waals surface area contributed by atoms with Gasteiger partial charge in [0.1, 0.15) is 0 Å². The molecule has 1 aromatic carbocycles. The molecule has 1 atom stereocenters. The van der Waals surface area contributed by atoms with Crippen molar-refractivity contribution in [2.24, 2.45) is 11.7 Å². The van der Waals surface area contributed by atoms with Gasteiger partial charge in [-0.3, -0.25) is 4.79 Å². The first-order valence-corrected chi connectivity index (χ1v) is 6.30. The third-order valence-electron chi connectivity index (χ3n) is 3.17. The van der Waals surface area contributed by atoms with E-state index in [9.17, 15) is 4.79 Å². The van der Waals surface area contributed by atoms with Crippen molar-refractivity contribution in [3.05, 3.63) is 35.4 Å². The molecule has 94 valence electrons. The summed E-state index contributed by atoms with van der Waals surface area (Å²) in [4.78, 5) is 11.9. The molecule has 3 N–H and O–H groups in total. The Morgan fingerprint density at radius 2 is 2.11 bits per heavy atom. The van der Waals surface area contributed by atoms with E-state index in [4.69, 9.17) is 5.73 Å². The predicted molar refractivity (Wildman–Crippen MR) is 72.0 cm³/mol. The van der Waals surface area contributed by atoms with Crippen LogP contribution in [0.2, 0.25) is 0 Å². The predicted octanol–water partition coefficient (Wildman–Crippen LogP) is 1.53. The van der Waals surface area contributed by atoms with Crippen molar-refractivity contribution in [1.29, 1.82) is 0 Å². The Morgan fingerprint density at radius 1 is 1.44 bits per heavy atom. The zero-order chi connectivity index (χ0) is 13.0. The SMILES string of the molecule is CC(NC(=O)c1ccc(C#CCN)cc1)C1CC1. The maximum atomic E-state index is 11.9. The summed E-state index contributed by atoms with van der Waals surface area (Å²) in [5.74, 6) is 6.38. The Balaban J connectivity index is 1.97. The first-order chi connectivity index (χ1) is 8.70. The van der Waals surface area contributed by atoms with Crippen molar-refractivity contribution in [3.63, 3.8) is 0 Å². The van der Waals surface area contributed by atoms with Crippen molar-refractivity contribution in [1.82, 2.24) is 5.32 Å². The molecule has 0 aliphatic heterocycles. The van der Waals surface area contributed by atoms with Crippen molar-refractivity contribution < 1.29 is 4.79 Å². The normalized spacial score (nSPS) is 15.4. The second-order valence-electron chi connectivity index (χ2n) is 4.68. The molecule has 0 heterocycles. The monoisotopic (exact) mass is 242 g/mol. The van der Waals surface area contributed by atoms with Crippen LogP contribution in [0.3, 0.4) is 0 Å². The average molecular weight is 242 g/mol. The molecule has 1 saturated carbocycles. The number of hydrogen-bond donors (Lipinski definition) is 2. The van der Waals surface area contributed by atoms with Gasteiger partial charge in [0.15, 0.2) is 0 Å². The molecule has 0 bridgehead atoms. The number of carbonyl (C=O) groups excluding carboxylic acids is 1. The van der Waals surface area contributed by atoms with Gasteiger partial charge in [0.2, 0.25) is 0 Å². The van der Waals surface area contributed by atoms with Gasteiger partial charge in [-0.05, 0) is 49.9 Å². The number of carbonyl (C=O) groups is 1. The van der Waals surface area contributed by atoms with Crippen LogP contribution in [0, 0.1) is 17.8 Å². The highest BCUT2D eigenvalue weighted by Crippen LogP contribution is 2.32. The Labute approximate surface area is 108 Å². The summed E-state index contributed by atoms with van der Waals surface area (Å²) in [6.45, 7) is 2.41. The lowest BCUT2D eigenvalue weighted by molar-refractivity contribution is 0.0936. The van der Waals surface area contributed by atoms with Gasteiger partial charge in [-0.1, -0.05) is 11.8 Å². The molecule has 2 rings (SSSR count). The van der Waals surface area contributed by atoms with Gasteiger partial charge < -0.3 is 11.1 Å². The summed E-state index contributed by atoms with van der Waals surface area (Å²) in [6.07, 6.45) is 2.46. The van der Waals surface area contributed by atoms with E-state index in [1.54, 1.807) is 12.1 Å². The average Bonchev–Trinajstić information content (AvgIpc) is 3.21. The molecule has 1 aliphatic rings. The van der Waals surface area contributed by atoms with Crippen molar-refractivity contribution in [3.8, 4) is 11.8 Å². The maximum absolute atomic E-state index is 11.9. The van der Waals surface area contributed by atoms with Crippen LogP contribution in [-0.2, 0) is 0 Å². The molecular formula is C15H18N2O. The molecule has 0 aromatic heterocycles. The van der Waals surface area contributed by atoms with Gasteiger partial charge in [0, 0.05) is 17.2 Å². The third kappa shape index (κ3) is 3.35. The highest BCUT2D eigenvalue weighted by Gasteiger charge is 2.28. The molecule has 18 heavy (non-hydrogen) atoms. The van der Waals surface area contributed by atoms with E-state index in [2.05, 4.69) is 24.1 Å². The zero-order valence-electron chi connectivity index (χ0n) is 10.6. The van der Waals surface area contributed by atoms with Crippen LogP contribution < -0.4 is 11.1 Å². The zero-order valence-corrected chi connectivity index (χ0v) is 10.6. The van der Waals surface area contributed by atoms with Gasteiger partial charge in [-0.25, -0.2) is 0 Å². The van der Waals surface area contributed by atoms with Crippen LogP contribution in [0.25, 0.3) is 0 Å². The number of nitrogens with two attached hydrogens (primary N) is 1. The molecule has 1 aliphatic carbocycles. The number of rotatable bonds is 3. The van der Waals surface area contributed by atoms with Gasteiger partial charge >= 0.3 is 0 Å². The molecule has 3 heteroatoms. The van der Waals surface area contributed by atoms with Crippen LogP contribution in [0.4, 0.5) is 0 Å². The summed E-state index contributed by atoms with van der Waals surface area (Å²) in [6, 6.07) is 7.57. The van der Waals surface area contributed by atoms with E-state index in [-0.39, 0.29) is 11.9 Å². The second kappa shape index (κ2) is 5.70. The minimum Gasteiger partial charge on any atom is -0.349 e. The van der Waals surface area contributed by atoms with E-state index < -0.39 is 0 Å². The molecule has 1 fully saturated rings. The number of benzene rings is 1. The highest BCUT2D eigenvalue weighted by atomic mass is 16.1. The summed E-state index contributed by atoms with van der Waals surface area (Å²) in [7, 11) is 0. The van der Waals surface area contributed by atoms with Crippen molar-refractivity contribution >= 4 is 5.91 Å². The van der Waals surface area contributed by atoms with E-state index >= 15 is 0 Å². The Bertz CT molecular complexity index is 477. The Kier molecular flexibility index (Phi) is 4.01. The minimum absolute atomic E-state index is 0.00673. The van der Waals surface area contributed by atoms with Crippen LogP contribution in [0.15, 0.2) is 24.3 Å². The first kappa shape index (κ1) is 12.7. The fourth-order valence-electron chi connectivity index (χ4n) is 1.86. The highest BCUT2D eigenvalue weighted by molar-refractivity contribution is 5.94. The summed E-state index contributed by atoms with van der Waals surface area (Å²) < 4.78 is 0. The van der Waals surface area contributed by atoms with Crippen LogP contribution >= 0.6 is 0 Å². The molecule has 1 amide bonds. The Hall–Kier alpha value is -1.79. The molecule has 0 saturated heterocycles. The summed E-state index contributed by atoms with van der Waals surface area (Å²) in [5.41, 5.74) is 6.87. The van der Waals surface area contributed by atoms with Crippen LogP contribution in [0.5, 0.6) is 0 Å². The number of hydrogen-bond acceptors (Lipinski definition) is 2. The lowest BCUT2D eigenvalue weighted by Gasteiger charge is -2.12. The quantitative estimate of drug-likeness (QED) is 0.790. The maximum Gasteiger partial charge on any atom is 0.251 e. The molecule has 0 spiro atoms. The molecule has 1 unspecified atom stereocenters. The van der Waals surface area contributed by atoms with Gasteiger partial charge in [-0.2, -0.15) is 0 Å². The fourth-order valence-corrected chi connectivity index (χ4v) is 1.86. The molecule has 1 aromatic rings. The van der Waals surface area contributed by atoms with E-state index in [0.29, 0.717) is 18.0 Å². The summed E-state index contributed by atoms with van der Waals surface area (Å²) in [5, 5.41) is 3.03. The molecular weight excluding hydrogens is 224 g/mol. The summed E-state index contributed by atoms with van der Waals surface area (Å²) >= 11 is 0. The van der Waals surface area contributed by atoms with E-state index in [1.807, 2.05) is 12.1 Å². The van der Waals surface area contributed by atoms with E-state index in [1.165, 1.54) is 12.8 Å².